The van der Waals surface area contributed by atoms with E-state index in [9.17, 15) is 4.79 Å². The van der Waals surface area contributed by atoms with E-state index in [1.54, 1.807) is 0 Å². The van der Waals surface area contributed by atoms with Gasteiger partial charge in [-0.15, -0.1) is 11.3 Å². The number of hydrogen-bond donors (Lipinski definition) is 1. The molecule has 1 N–H and O–H groups in total. The predicted octanol–water partition coefficient (Wildman–Crippen LogP) is 2.17. The average Bonchev–Trinajstić information content (AvgIpc) is 2.93. The number of rotatable bonds is 1. The van der Waals surface area contributed by atoms with Gasteiger partial charge in [0.25, 0.3) is 5.56 Å². The number of fused-ring (bicyclic) bond motifs is 1. The largest absolute Gasteiger partial charge is 0.309 e. The van der Waals surface area contributed by atoms with Crippen molar-refractivity contribution in [1.29, 1.82) is 0 Å². The zero-order valence-corrected chi connectivity index (χ0v) is 8.65. The molecule has 1 aliphatic carbocycles. The molecule has 0 aromatic carbocycles. The van der Waals surface area contributed by atoms with Crippen molar-refractivity contribution in [3.05, 3.63) is 27.1 Å². The summed E-state index contributed by atoms with van der Waals surface area (Å²) in [4.78, 5) is 19.0. The Kier molecular flexibility index (Phi) is 1.56. The van der Waals surface area contributed by atoms with Gasteiger partial charge in [0, 0.05) is 5.92 Å². The molecule has 3 nitrogen and oxygen atoms in total. The van der Waals surface area contributed by atoms with Crippen LogP contribution < -0.4 is 5.56 Å². The van der Waals surface area contributed by atoms with Gasteiger partial charge in [-0.05, 0) is 30.7 Å². The first-order chi connectivity index (χ1) is 6.75. The van der Waals surface area contributed by atoms with Crippen molar-refractivity contribution >= 4 is 21.6 Å². The van der Waals surface area contributed by atoms with E-state index in [-0.39, 0.29) is 5.56 Å². The molecule has 0 atom stereocenters. The van der Waals surface area contributed by atoms with E-state index >= 15 is 0 Å². The molecular weight excluding hydrogens is 196 g/mol. The zero-order valence-electron chi connectivity index (χ0n) is 7.83. The first-order valence-electron chi connectivity index (χ1n) is 4.74. The van der Waals surface area contributed by atoms with Crippen molar-refractivity contribution in [1.82, 2.24) is 9.97 Å². The number of hydrogen-bond acceptors (Lipinski definition) is 3. The molecule has 1 fully saturated rings. The molecule has 0 aliphatic heterocycles. The summed E-state index contributed by atoms with van der Waals surface area (Å²) in [6, 6.07) is 0. The van der Waals surface area contributed by atoms with Crippen LogP contribution in [-0.4, -0.2) is 9.97 Å². The van der Waals surface area contributed by atoms with Crippen LogP contribution in [-0.2, 0) is 0 Å². The molecule has 2 aromatic rings. The molecule has 3 rings (SSSR count). The molecule has 2 aromatic heterocycles. The van der Waals surface area contributed by atoms with E-state index in [1.807, 2.05) is 12.3 Å². The highest BCUT2D eigenvalue weighted by atomic mass is 32.1. The van der Waals surface area contributed by atoms with E-state index in [0.717, 1.165) is 34.4 Å². The van der Waals surface area contributed by atoms with Gasteiger partial charge in [-0.3, -0.25) is 4.79 Å². The molecule has 14 heavy (non-hydrogen) atoms. The second kappa shape index (κ2) is 2.67. The van der Waals surface area contributed by atoms with Crippen LogP contribution in [0.15, 0.2) is 10.2 Å². The molecule has 2 heterocycles. The summed E-state index contributed by atoms with van der Waals surface area (Å²) >= 11 is 1.48. The van der Waals surface area contributed by atoms with Gasteiger partial charge in [-0.1, -0.05) is 0 Å². The minimum absolute atomic E-state index is 0.0231. The van der Waals surface area contributed by atoms with Gasteiger partial charge in [0.2, 0.25) is 0 Å². The van der Waals surface area contributed by atoms with Crippen molar-refractivity contribution in [2.75, 3.05) is 0 Å². The molecule has 0 spiro atoms. The maximum absolute atomic E-state index is 11.7. The SMILES string of the molecule is Cc1csc2c(=O)[nH]c(C3CC3)nc12. The predicted molar refractivity (Wildman–Crippen MR) is 57.0 cm³/mol. The van der Waals surface area contributed by atoms with Crippen molar-refractivity contribution < 1.29 is 0 Å². The van der Waals surface area contributed by atoms with E-state index in [0.29, 0.717) is 5.92 Å². The molecule has 0 radical (unpaired) electrons. The average molecular weight is 206 g/mol. The van der Waals surface area contributed by atoms with Gasteiger partial charge in [0.05, 0.1) is 5.52 Å². The lowest BCUT2D eigenvalue weighted by atomic mass is 10.3. The minimum Gasteiger partial charge on any atom is -0.309 e. The number of nitrogens with zero attached hydrogens (tertiary/aromatic N) is 1. The highest BCUT2D eigenvalue weighted by Crippen LogP contribution is 2.38. The third-order valence-corrected chi connectivity index (χ3v) is 3.67. The Morgan fingerprint density at radius 2 is 2.36 bits per heavy atom. The summed E-state index contributed by atoms with van der Waals surface area (Å²) in [5, 5.41) is 1.99. The Bertz CT molecular complexity index is 551. The van der Waals surface area contributed by atoms with Crippen LogP contribution in [0.5, 0.6) is 0 Å². The van der Waals surface area contributed by atoms with Gasteiger partial charge >= 0.3 is 0 Å². The molecule has 0 bridgehead atoms. The molecule has 0 saturated heterocycles. The Hall–Kier alpha value is -1.16. The number of thiophene rings is 1. The first-order valence-corrected chi connectivity index (χ1v) is 5.61. The highest BCUT2D eigenvalue weighted by molar-refractivity contribution is 7.17. The van der Waals surface area contributed by atoms with Gasteiger partial charge in [-0.2, -0.15) is 0 Å². The van der Waals surface area contributed by atoms with Crippen LogP contribution in [0, 0.1) is 6.92 Å². The lowest BCUT2D eigenvalue weighted by molar-refractivity contribution is 0.932. The smallest absolute Gasteiger partial charge is 0.268 e. The summed E-state index contributed by atoms with van der Waals surface area (Å²) in [6.45, 7) is 2.00. The number of aromatic amines is 1. The normalized spacial score (nSPS) is 16.4. The summed E-state index contributed by atoms with van der Waals surface area (Å²) in [6.07, 6.45) is 2.33. The van der Waals surface area contributed by atoms with Crippen LogP contribution in [0.1, 0.15) is 30.1 Å². The highest BCUT2D eigenvalue weighted by Gasteiger charge is 2.26. The van der Waals surface area contributed by atoms with E-state index in [1.165, 1.54) is 11.3 Å². The van der Waals surface area contributed by atoms with Crippen molar-refractivity contribution in [3.63, 3.8) is 0 Å². The number of aryl methyl sites for hydroxylation is 1. The van der Waals surface area contributed by atoms with Crippen LogP contribution in [0.2, 0.25) is 0 Å². The van der Waals surface area contributed by atoms with E-state index in [4.69, 9.17) is 0 Å². The molecule has 72 valence electrons. The molecule has 0 amide bonds. The van der Waals surface area contributed by atoms with Crippen LogP contribution in [0.4, 0.5) is 0 Å². The van der Waals surface area contributed by atoms with Crippen molar-refractivity contribution in [3.8, 4) is 0 Å². The Morgan fingerprint density at radius 3 is 3.07 bits per heavy atom. The van der Waals surface area contributed by atoms with Crippen molar-refractivity contribution in [2.45, 2.75) is 25.7 Å². The lowest BCUT2D eigenvalue weighted by Crippen LogP contribution is -2.09. The van der Waals surface area contributed by atoms with E-state index in [2.05, 4.69) is 9.97 Å². The second-order valence-electron chi connectivity index (χ2n) is 3.82. The van der Waals surface area contributed by atoms with Crippen molar-refractivity contribution in [2.24, 2.45) is 0 Å². The minimum atomic E-state index is 0.0231. The van der Waals surface area contributed by atoms with Gasteiger partial charge in [-0.25, -0.2) is 4.98 Å². The van der Waals surface area contributed by atoms with Gasteiger partial charge < -0.3 is 4.98 Å². The first kappa shape index (κ1) is 8.17. The number of aromatic nitrogens is 2. The zero-order chi connectivity index (χ0) is 9.71. The lowest BCUT2D eigenvalue weighted by Gasteiger charge is -1.97. The molecule has 0 unspecified atom stereocenters. The quantitative estimate of drug-likeness (QED) is 0.777. The molecule has 1 aliphatic rings. The molecule has 4 heteroatoms. The van der Waals surface area contributed by atoms with E-state index < -0.39 is 0 Å². The summed E-state index contributed by atoms with van der Waals surface area (Å²) in [7, 11) is 0. The molecule has 1 saturated carbocycles. The fraction of sp³-hybridized carbons (Fsp3) is 0.400. The fourth-order valence-corrected chi connectivity index (χ4v) is 2.49. The van der Waals surface area contributed by atoms with Gasteiger partial charge in [0.15, 0.2) is 0 Å². The Labute approximate surface area is 84.8 Å². The third-order valence-electron chi connectivity index (χ3n) is 2.59. The Balaban J connectivity index is 2.36. The number of nitrogens with one attached hydrogen (secondary N) is 1. The maximum Gasteiger partial charge on any atom is 0.268 e. The monoisotopic (exact) mass is 206 g/mol. The second-order valence-corrected chi connectivity index (χ2v) is 4.70. The van der Waals surface area contributed by atoms with Crippen LogP contribution >= 0.6 is 11.3 Å². The fourth-order valence-electron chi connectivity index (χ4n) is 1.61. The van der Waals surface area contributed by atoms with Gasteiger partial charge in [0.1, 0.15) is 10.5 Å². The topological polar surface area (TPSA) is 45.8 Å². The summed E-state index contributed by atoms with van der Waals surface area (Å²) < 4.78 is 0.756. The Morgan fingerprint density at radius 1 is 1.57 bits per heavy atom. The summed E-state index contributed by atoms with van der Waals surface area (Å²) in [5.41, 5.74) is 2.02. The van der Waals surface area contributed by atoms with Crippen LogP contribution in [0.3, 0.4) is 0 Å². The maximum atomic E-state index is 11.7. The third kappa shape index (κ3) is 1.10. The van der Waals surface area contributed by atoms with Crippen LogP contribution in [0.25, 0.3) is 10.2 Å². The summed E-state index contributed by atoms with van der Waals surface area (Å²) in [5.74, 6) is 1.38. The molecular formula is C10H10N2OS. The number of H-pyrrole nitrogens is 1. The standard InChI is InChI=1S/C10H10N2OS/c1-5-4-14-8-7(5)11-9(6-2-3-6)12-10(8)13/h4,6H,2-3H2,1H3,(H,11,12,13).